The molecule has 2 aromatic heterocycles. The third-order valence-corrected chi connectivity index (χ3v) is 7.32. The predicted octanol–water partition coefficient (Wildman–Crippen LogP) is 1.86. The standard InChI is InChI=1S/C16H21N3O4S2/c1-11-16(12(2)23-18-11)25(21,22)19-7-5-13(6-8-19)17-15(20)10-14-4-3-9-24-14/h3-4,9,13H,5-8,10H2,1-2H3,(H,17,20). The third kappa shape index (κ3) is 3.94. The SMILES string of the molecule is Cc1noc(C)c1S(=O)(=O)N1CCC(NC(=O)Cc2cccs2)CC1. The second-order valence-corrected chi connectivity index (χ2v) is 9.06. The van der Waals surface area contributed by atoms with E-state index < -0.39 is 10.0 Å². The Bertz CT molecular complexity index is 815. The Balaban J connectivity index is 1.57. The summed E-state index contributed by atoms with van der Waals surface area (Å²) in [5.41, 5.74) is 0.379. The van der Waals surface area contributed by atoms with Crippen molar-refractivity contribution in [3.05, 3.63) is 33.8 Å². The van der Waals surface area contributed by atoms with Gasteiger partial charge in [-0.1, -0.05) is 11.2 Å². The average molecular weight is 383 g/mol. The van der Waals surface area contributed by atoms with Crippen LogP contribution in [-0.4, -0.2) is 42.9 Å². The van der Waals surface area contributed by atoms with Crippen molar-refractivity contribution >= 4 is 27.3 Å². The van der Waals surface area contributed by atoms with Gasteiger partial charge in [0, 0.05) is 24.0 Å². The van der Waals surface area contributed by atoms with Crippen molar-refractivity contribution in [2.75, 3.05) is 13.1 Å². The van der Waals surface area contributed by atoms with Crippen LogP contribution in [0.15, 0.2) is 26.9 Å². The van der Waals surface area contributed by atoms with Gasteiger partial charge in [0.1, 0.15) is 10.6 Å². The number of hydrogen-bond donors (Lipinski definition) is 1. The first-order valence-corrected chi connectivity index (χ1v) is 10.4. The van der Waals surface area contributed by atoms with Crippen molar-refractivity contribution in [1.82, 2.24) is 14.8 Å². The molecule has 136 valence electrons. The number of piperidine rings is 1. The highest BCUT2D eigenvalue weighted by molar-refractivity contribution is 7.89. The minimum atomic E-state index is -3.61. The number of carbonyl (C=O) groups is 1. The predicted molar refractivity (Wildman–Crippen MR) is 93.9 cm³/mol. The molecule has 1 fully saturated rings. The van der Waals surface area contributed by atoms with Crippen molar-refractivity contribution in [1.29, 1.82) is 0 Å². The molecule has 1 N–H and O–H groups in total. The van der Waals surface area contributed by atoms with Crippen molar-refractivity contribution < 1.29 is 17.7 Å². The molecule has 0 spiro atoms. The normalized spacial score (nSPS) is 16.9. The van der Waals surface area contributed by atoms with Crippen LogP contribution < -0.4 is 5.32 Å². The Morgan fingerprint density at radius 1 is 1.40 bits per heavy atom. The van der Waals surface area contributed by atoms with E-state index in [-0.39, 0.29) is 16.8 Å². The number of sulfonamides is 1. The maximum atomic E-state index is 12.8. The molecule has 0 aromatic carbocycles. The summed E-state index contributed by atoms with van der Waals surface area (Å²) in [7, 11) is -3.61. The van der Waals surface area contributed by atoms with E-state index >= 15 is 0 Å². The van der Waals surface area contributed by atoms with Crippen molar-refractivity contribution in [3.63, 3.8) is 0 Å². The molecule has 1 amide bonds. The number of aromatic nitrogens is 1. The summed E-state index contributed by atoms with van der Waals surface area (Å²) in [5, 5.41) is 8.68. The van der Waals surface area contributed by atoms with Crippen molar-refractivity contribution in [2.45, 2.75) is 44.0 Å². The summed E-state index contributed by atoms with van der Waals surface area (Å²) >= 11 is 1.55. The zero-order valence-electron chi connectivity index (χ0n) is 14.2. The number of carbonyl (C=O) groups excluding carboxylic acids is 1. The number of hydrogen-bond acceptors (Lipinski definition) is 6. The summed E-state index contributed by atoms with van der Waals surface area (Å²) in [5.74, 6) is 0.290. The van der Waals surface area contributed by atoms with Gasteiger partial charge in [0.2, 0.25) is 15.9 Å². The Hall–Kier alpha value is -1.71. The summed E-state index contributed by atoms with van der Waals surface area (Å²) in [6, 6.07) is 3.86. The third-order valence-electron chi connectivity index (χ3n) is 4.30. The molecule has 2 aromatic rings. The van der Waals surface area contributed by atoms with Gasteiger partial charge in [-0.3, -0.25) is 4.79 Å². The van der Waals surface area contributed by atoms with Crippen LogP contribution in [0.2, 0.25) is 0 Å². The number of amides is 1. The number of nitrogens with one attached hydrogen (secondary N) is 1. The van der Waals surface area contributed by atoms with Crippen LogP contribution in [0.5, 0.6) is 0 Å². The molecule has 3 rings (SSSR count). The maximum absolute atomic E-state index is 12.8. The molecule has 0 radical (unpaired) electrons. The van der Waals surface area contributed by atoms with Gasteiger partial charge in [-0.15, -0.1) is 11.3 Å². The van der Waals surface area contributed by atoms with Crippen LogP contribution in [0.4, 0.5) is 0 Å². The van der Waals surface area contributed by atoms with E-state index in [1.54, 1.807) is 25.2 Å². The fraction of sp³-hybridized carbons (Fsp3) is 0.500. The first kappa shape index (κ1) is 18.1. The van der Waals surface area contributed by atoms with E-state index in [4.69, 9.17) is 4.52 Å². The van der Waals surface area contributed by atoms with Crippen molar-refractivity contribution in [3.8, 4) is 0 Å². The van der Waals surface area contributed by atoms with Crippen LogP contribution in [0.1, 0.15) is 29.2 Å². The first-order valence-electron chi connectivity index (χ1n) is 8.12. The minimum Gasteiger partial charge on any atom is -0.360 e. The van der Waals surface area contributed by atoms with Gasteiger partial charge in [0.15, 0.2) is 5.76 Å². The van der Waals surface area contributed by atoms with Crippen LogP contribution in [-0.2, 0) is 21.2 Å². The fourth-order valence-corrected chi connectivity index (χ4v) is 5.53. The molecule has 25 heavy (non-hydrogen) atoms. The summed E-state index contributed by atoms with van der Waals surface area (Å²) in [4.78, 5) is 13.3. The molecule has 0 unspecified atom stereocenters. The lowest BCUT2D eigenvalue weighted by atomic mass is 10.1. The number of nitrogens with zero attached hydrogens (tertiary/aromatic N) is 2. The Morgan fingerprint density at radius 2 is 2.12 bits per heavy atom. The molecule has 0 aliphatic carbocycles. The maximum Gasteiger partial charge on any atom is 0.248 e. The van der Waals surface area contributed by atoms with Gasteiger partial charge in [0.05, 0.1) is 6.42 Å². The lowest BCUT2D eigenvalue weighted by Gasteiger charge is -2.31. The minimum absolute atomic E-state index is 0.00332. The second kappa shape index (κ2) is 7.27. The highest BCUT2D eigenvalue weighted by Crippen LogP contribution is 2.26. The van der Waals surface area contributed by atoms with E-state index in [0.29, 0.717) is 43.8 Å². The molecule has 0 saturated carbocycles. The quantitative estimate of drug-likeness (QED) is 0.851. The van der Waals surface area contributed by atoms with Crippen LogP contribution in [0, 0.1) is 13.8 Å². The second-order valence-electron chi connectivity index (χ2n) is 6.16. The van der Waals surface area contributed by atoms with E-state index in [0.717, 1.165) is 4.88 Å². The van der Waals surface area contributed by atoms with E-state index in [1.807, 2.05) is 17.5 Å². The summed E-state index contributed by atoms with van der Waals surface area (Å²) < 4.78 is 32.0. The highest BCUT2D eigenvalue weighted by Gasteiger charge is 2.34. The first-order chi connectivity index (χ1) is 11.9. The molecule has 1 saturated heterocycles. The highest BCUT2D eigenvalue weighted by atomic mass is 32.2. The van der Waals surface area contributed by atoms with Gasteiger partial charge in [-0.05, 0) is 38.1 Å². The zero-order valence-corrected chi connectivity index (χ0v) is 15.8. The van der Waals surface area contributed by atoms with Gasteiger partial charge in [-0.25, -0.2) is 8.42 Å². The van der Waals surface area contributed by atoms with Gasteiger partial charge >= 0.3 is 0 Å². The molecule has 9 heteroatoms. The fourth-order valence-electron chi connectivity index (χ4n) is 3.06. The topological polar surface area (TPSA) is 92.5 Å². The molecule has 0 atom stereocenters. The number of thiophene rings is 1. The van der Waals surface area contributed by atoms with Gasteiger partial charge < -0.3 is 9.84 Å². The van der Waals surface area contributed by atoms with Gasteiger partial charge in [-0.2, -0.15) is 4.31 Å². The van der Waals surface area contributed by atoms with E-state index in [2.05, 4.69) is 10.5 Å². The smallest absolute Gasteiger partial charge is 0.248 e. The van der Waals surface area contributed by atoms with E-state index in [9.17, 15) is 13.2 Å². The Morgan fingerprint density at radius 3 is 2.68 bits per heavy atom. The Kier molecular flexibility index (Phi) is 5.26. The average Bonchev–Trinajstić information content (AvgIpc) is 3.17. The number of rotatable bonds is 5. The molecule has 7 nitrogen and oxygen atoms in total. The number of aryl methyl sites for hydroxylation is 2. The summed E-state index contributed by atoms with van der Waals surface area (Å²) in [6.07, 6.45) is 1.56. The molecular formula is C16H21N3O4S2. The summed E-state index contributed by atoms with van der Waals surface area (Å²) in [6.45, 7) is 3.97. The lowest BCUT2D eigenvalue weighted by Crippen LogP contribution is -2.46. The van der Waals surface area contributed by atoms with Crippen LogP contribution in [0.3, 0.4) is 0 Å². The molecule has 0 bridgehead atoms. The lowest BCUT2D eigenvalue weighted by molar-refractivity contribution is -0.121. The zero-order chi connectivity index (χ0) is 18.0. The van der Waals surface area contributed by atoms with Crippen LogP contribution in [0.25, 0.3) is 0 Å². The van der Waals surface area contributed by atoms with Crippen molar-refractivity contribution in [2.24, 2.45) is 0 Å². The van der Waals surface area contributed by atoms with Gasteiger partial charge in [0.25, 0.3) is 0 Å². The molecule has 1 aliphatic heterocycles. The molecule has 1 aliphatic rings. The largest absolute Gasteiger partial charge is 0.360 e. The monoisotopic (exact) mass is 383 g/mol. The Labute approximate surface area is 151 Å². The van der Waals surface area contributed by atoms with Crippen LogP contribution >= 0.6 is 11.3 Å². The van der Waals surface area contributed by atoms with E-state index in [1.165, 1.54) is 4.31 Å². The molecular weight excluding hydrogens is 362 g/mol. The molecule has 3 heterocycles.